The van der Waals surface area contributed by atoms with Gasteiger partial charge in [0.05, 0.1) is 0 Å². The van der Waals surface area contributed by atoms with Crippen LogP contribution in [0, 0.1) is 13.8 Å². The predicted octanol–water partition coefficient (Wildman–Crippen LogP) is 4.31. The molecule has 4 rings (SSSR count). The molecule has 0 bridgehead atoms. The highest BCUT2D eigenvalue weighted by Crippen LogP contribution is 2.20. The Morgan fingerprint density at radius 1 is 0.971 bits per heavy atom. The average Bonchev–Trinajstić information content (AvgIpc) is 3.31. The van der Waals surface area contributed by atoms with Crippen LogP contribution in [-0.2, 0) is 13.2 Å². The summed E-state index contributed by atoms with van der Waals surface area (Å²) in [6.45, 7) is 4.60. The average molecular weight is 474 g/mol. The maximum Gasteiger partial charge on any atom is 0.286 e. The molecule has 0 unspecified atom stereocenters. The van der Waals surface area contributed by atoms with E-state index < -0.39 is 5.91 Å². The molecule has 172 valence electrons. The molecule has 0 fully saturated rings. The highest BCUT2D eigenvalue weighted by atomic mass is 32.1. The van der Waals surface area contributed by atoms with Gasteiger partial charge in [-0.3, -0.25) is 14.6 Å². The Balaban J connectivity index is 1.34. The second kappa shape index (κ2) is 10.7. The van der Waals surface area contributed by atoms with Crippen molar-refractivity contribution in [3.63, 3.8) is 0 Å². The maximum atomic E-state index is 12.6. The first-order chi connectivity index (χ1) is 16.5. The number of carbonyl (C=O) groups excluding carboxylic acids is 2. The van der Waals surface area contributed by atoms with Crippen LogP contribution in [0.25, 0.3) is 0 Å². The van der Waals surface area contributed by atoms with Crippen LogP contribution in [0.5, 0.6) is 5.75 Å². The van der Waals surface area contributed by atoms with Crippen LogP contribution in [-0.4, -0.2) is 27.0 Å². The summed E-state index contributed by atoms with van der Waals surface area (Å²) in [5.74, 6) is 0.0991. The number of nitrogens with zero attached hydrogens (tertiary/aromatic N) is 3. The molecular weight excluding hydrogens is 450 g/mol. The molecule has 0 aliphatic carbocycles. The topological polar surface area (TPSA) is 106 Å². The van der Waals surface area contributed by atoms with Crippen LogP contribution in [0.3, 0.4) is 0 Å². The molecular formula is C25H23N5O3S. The lowest BCUT2D eigenvalue weighted by Crippen LogP contribution is -2.23. The van der Waals surface area contributed by atoms with E-state index in [1.54, 1.807) is 36.7 Å². The van der Waals surface area contributed by atoms with E-state index in [0.717, 1.165) is 33.8 Å². The standard InChI is InChI=1S/C25H23N5O3S/c1-16-9-17(2)11-21(10-16)33-15-22-29-30-25(34-22)24(32)28-20-7-3-6-19(12-20)23(31)27-14-18-5-4-8-26-13-18/h3-13H,14-15H2,1-2H3,(H,27,31)(H,28,32). The molecule has 0 atom stereocenters. The molecule has 2 heterocycles. The van der Waals surface area contributed by atoms with Crippen molar-refractivity contribution < 1.29 is 14.3 Å². The van der Waals surface area contributed by atoms with Crippen molar-refractivity contribution in [2.24, 2.45) is 0 Å². The van der Waals surface area contributed by atoms with Gasteiger partial charge in [-0.05, 0) is 66.9 Å². The molecule has 0 radical (unpaired) electrons. The molecule has 9 heteroatoms. The van der Waals surface area contributed by atoms with E-state index in [-0.39, 0.29) is 17.5 Å². The normalized spacial score (nSPS) is 10.5. The Morgan fingerprint density at radius 2 is 1.79 bits per heavy atom. The molecule has 0 aliphatic heterocycles. The lowest BCUT2D eigenvalue weighted by atomic mass is 10.1. The zero-order valence-electron chi connectivity index (χ0n) is 18.7. The van der Waals surface area contributed by atoms with E-state index in [4.69, 9.17) is 4.74 Å². The van der Waals surface area contributed by atoms with Gasteiger partial charge < -0.3 is 15.4 Å². The number of anilines is 1. The minimum Gasteiger partial charge on any atom is -0.486 e. The quantitative estimate of drug-likeness (QED) is 0.395. The summed E-state index contributed by atoms with van der Waals surface area (Å²) < 4.78 is 5.79. The lowest BCUT2D eigenvalue weighted by Gasteiger charge is -2.07. The van der Waals surface area contributed by atoms with Crippen LogP contribution in [0.15, 0.2) is 67.0 Å². The smallest absolute Gasteiger partial charge is 0.286 e. The van der Waals surface area contributed by atoms with Gasteiger partial charge in [-0.1, -0.05) is 29.5 Å². The van der Waals surface area contributed by atoms with Gasteiger partial charge in [-0.25, -0.2) is 0 Å². The van der Waals surface area contributed by atoms with Crippen molar-refractivity contribution in [2.75, 3.05) is 5.32 Å². The number of benzene rings is 2. The van der Waals surface area contributed by atoms with Gasteiger partial charge in [-0.15, -0.1) is 10.2 Å². The molecule has 0 saturated carbocycles. The van der Waals surface area contributed by atoms with Gasteiger partial charge in [0, 0.05) is 30.2 Å². The predicted molar refractivity (Wildman–Crippen MR) is 130 cm³/mol. The summed E-state index contributed by atoms with van der Waals surface area (Å²) in [5.41, 5.74) is 4.04. The van der Waals surface area contributed by atoms with Crippen molar-refractivity contribution >= 4 is 28.8 Å². The number of nitrogens with one attached hydrogen (secondary N) is 2. The van der Waals surface area contributed by atoms with Crippen molar-refractivity contribution in [2.45, 2.75) is 27.0 Å². The SMILES string of the molecule is Cc1cc(C)cc(OCc2nnc(C(=O)Nc3cccc(C(=O)NCc4cccnc4)c3)s2)c1. The summed E-state index contributed by atoms with van der Waals surface area (Å²) in [6, 6.07) is 16.4. The number of aromatic nitrogens is 3. The Bertz CT molecular complexity index is 1290. The molecule has 34 heavy (non-hydrogen) atoms. The number of aryl methyl sites for hydroxylation is 2. The van der Waals surface area contributed by atoms with E-state index in [1.165, 1.54) is 0 Å². The van der Waals surface area contributed by atoms with Crippen molar-refractivity contribution in [1.82, 2.24) is 20.5 Å². The van der Waals surface area contributed by atoms with Crippen LogP contribution in [0.2, 0.25) is 0 Å². The summed E-state index contributed by atoms with van der Waals surface area (Å²) in [6.07, 6.45) is 3.37. The fourth-order valence-corrected chi connectivity index (χ4v) is 3.92. The Labute approximate surface area is 201 Å². The molecule has 4 aromatic rings. The molecule has 2 amide bonds. The van der Waals surface area contributed by atoms with Gasteiger partial charge >= 0.3 is 0 Å². The van der Waals surface area contributed by atoms with Crippen molar-refractivity contribution in [1.29, 1.82) is 0 Å². The molecule has 0 aliphatic rings. The fraction of sp³-hybridized carbons (Fsp3) is 0.160. The number of hydrogen-bond donors (Lipinski definition) is 2. The first-order valence-electron chi connectivity index (χ1n) is 10.6. The monoisotopic (exact) mass is 473 g/mol. The van der Waals surface area contributed by atoms with E-state index in [1.807, 2.05) is 38.1 Å². The van der Waals surface area contributed by atoms with Crippen LogP contribution >= 0.6 is 11.3 Å². The largest absolute Gasteiger partial charge is 0.486 e. The fourth-order valence-electron chi connectivity index (χ4n) is 3.27. The van der Waals surface area contributed by atoms with Gasteiger partial charge in [0.25, 0.3) is 11.8 Å². The molecule has 8 nitrogen and oxygen atoms in total. The maximum absolute atomic E-state index is 12.6. The Kier molecular flexibility index (Phi) is 7.24. The Morgan fingerprint density at radius 3 is 2.56 bits per heavy atom. The van der Waals surface area contributed by atoms with Gasteiger partial charge in [0.15, 0.2) is 5.01 Å². The van der Waals surface area contributed by atoms with Crippen molar-refractivity contribution in [3.05, 3.63) is 99.3 Å². The molecule has 0 spiro atoms. The summed E-state index contributed by atoms with van der Waals surface area (Å²) in [4.78, 5) is 29.1. The molecule has 2 aromatic heterocycles. The van der Waals surface area contributed by atoms with E-state index in [2.05, 4.69) is 31.9 Å². The molecule has 2 aromatic carbocycles. The third kappa shape index (κ3) is 6.23. The number of rotatable bonds is 8. The first kappa shape index (κ1) is 23.1. The van der Waals surface area contributed by atoms with E-state index in [9.17, 15) is 9.59 Å². The van der Waals surface area contributed by atoms with Gasteiger partial charge in [0.1, 0.15) is 12.4 Å². The zero-order valence-corrected chi connectivity index (χ0v) is 19.6. The van der Waals surface area contributed by atoms with E-state index in [0.29, 0.717) is 22.8 Å². The summed E-state index contributed by atoms with van der Waals surface area (Å²) in [5, 5.41) is 14.4. The number of amides is 2. The minimum absolute atomic E-state index is 0.213. The molecule has 0 saturated heterocycles. The second-order valence-corrected chi connectivity index (χ2v) is 8.75. The van der Waals surface area contributed by atoms with Gasteiger partial charge in [-0.2, -0.15) is 0 Å². The summed E-state index contributed by atoms with van der Waals surface area (Å²) >= 11 is 1.16. The van der Waals surface area contributed by atoms with Crippen molar-refractivity contribution in [3.8, 4) is 5.75 Å². The highest BCUT2D eigenvalue weighted by Gasteiger charge is 2.15. The highest BCUT2D eigenvalue weighted by molar-refractivity contribution is 7.13. The lowest BCUT2D eigenvalue weighted by molar-refractivity contribution is 0.0949. The zero-order chi connectivity index (χ0) is 23.9. The third-order valence-corrected chi connectivity index (χ3v) is 5.67. The third-order valence-electron chi connectivity index (χ3n) is 4.78. The number of pyridine rings is 1. The first-order valence-corrected chi connectivity index (χ1v) is 11.4. The van der Waals surface area contributed by atoms with E-state index >= 15 is 0 Å². The molecule has 2 N–H and O–H groups in total. The van der Waals surface area contributed by atoms with Gasteiger partial charge in [0.2, 0.25) is 5.01 Å². The number of hydrogen-bond acceptors (Lipinski definition) is 7. The number of carbonyl (C=O) groups is 2. The Hall–Kier alpha value is -4.11. The second-order valence-electron chi connectivity index (χ2n) is 7.69. The van der Waals surface area contributed by atoms with Crippen LogP contribution in [0.1, 0.15) is 41.9 Å². The van der Waals surface area contributed by atoms with Crippen LogP contribution in [0.4, 0.5) is 5.69 Å². The summed E-state index contributed by atoms with van der Waals surface area (Å²) in [7, 11) is 0. The number of ether oxygens (including phenoxy) is 1. The minimum atomic E-state index is -0.400. The van der Waals surface area contributed by atoms with Crippen LogP contribution < -0.4 is 15.4 Å².